The van der Waals surface area contributed by atoms with Crippen LogP contribution in [0, 0.1) is 0 Å². The molecular formula is C13H11BrO4S2. The van der Waals surface area contributed by atoms with Gasteiger partial charge >= 0.3 is 5.97 Å². The molecule has 0 radical (unpaired) electrons. The number of aromatic carboxylic acids is 1. The maximum Gasteiger partial charge on any atom is 0.336 e. The Morgan fingerprint density at radius 3 is 2.65 bits per heavy atom. The molecule has 2 rings (SSSR count). The van der Waals surface area contributed by atoms with Crippen molar-refractivity contribution in [1.29, 1.82) is 0 Å². The van der Waals surface area contributed by atoms with E-state index in [4.69, 9.17) is 5.11 Å². The number of benzene rings is 1. The molecular weight excluding hydrogens is 364 g/mol. The Hall–Kier alpha value is -1.18. The minimum atomic E-state index is -3.49. The lowest BCUT2D eigenvalue weighted by Crippen LogP contribution is -2.10. The van der Waals surface area contributed by atoms with Crippen LogP contribution in [0.5, 0.6) is 0 Å². The lowest BCUT2D eigenvalue weighted by molar-refractivity contribution is 0.0695. The van der Waals surface area contributed by atoms with Gasteiger partial charge in [-0.15, -0.1) is 11.3 Å². The van der Waals surface area contributed by atoms with E-state index >= 15 is 0 Å². The lowest BCUT2D eigenvalue weighted by atomic mass is 10.2. The van der Waals surface area contributed by atoms with Crippen LogP contribution in [0.2, 0.25) is 0 Å². The third-order valence-electron chi connectivity index (χ3n) is 2.72. The van der Waals surface area contributed by atoms with E-state index in [1.807, 2.05) is 17.5 Å². The van der Waals surface area contributed by atoms with E-state index in [9.17, 15) is 13.2 Å². The fourth-order valence-electron chi connectivity index (χ4n) is 1.67. The SMILES string of the molecule is O=C(O)c1cc(S(=O)(=O)CCc2cccs2)ccc1Br. The zero-order chi connectivity index (χ0) is 14.8. The Morgan fingerprint density at radius 1 is 1.30 bits per heavy atom. The summed E-state index contributed by atoms with van der Waals surface area (Å²) in [5.41, 5.74) is -0.0535. The summed E-state index contributed by atoms with van der Waals surface area (Å²) in [6.07, 6.45) is 0.429. The number of sulfone groups is 1. The Morgan fingerprint density at radius 2 is 2.05 bits per heavy atom. The molecule has 0 amide bonds. The molecule has 106 valence electrons. The first-order valence-electron chi connectivity index (χ1n) is 5.68. The summed E-state index contributed by atoms with van der Waals surface area (Å²) in [6, 6.07) is 7.80. The van der Waals surface area contributed by atoms with E-state index in [0.29, 0.717) is 10.9 Å². The van der Waals surface area contributed by atoms with E-state index < -0.39 is 15.8 Å². The van der Waals surface area contributed by atoms with Gasteiger partial charge in [0.2, 0.25) is 0 Å². The maximum atomic E-state index is 12.2. The highest BCUT2D eigenvalue weighted by Crippen LogP contribution is 2.22. The van der Waals surface area contributed by atoms with Crippen molar-refractivity contribution in [2.75, 3.05) is 5.75 Å². The Balaban J connectivity index is 2.25. The van der Waals surface area contributed by atoms with E-state index in [2.05, 4.69) is 15.9 Å². The van der Waals surface area contributed by atoms with Gasteiger partial charge in [-0.05, 0) is 52.0 Å². The number of rotatable bonds is 5. The fraction of sp³-hybridized carbons (Fsp3) is 0.154. The highest BCUT2D eigenvalue weighted by atomic mass is 79.9. The normalized spacial score (nSPS) is 11.4. The van der Waals surface area contributed by atoms with Crippen LogP contribution in [0.1, 0.15) is 15.2 Å². The molecule has 2 aromatic rings. The Labute approximate surface area is 129 Å². The quantitative estimate of drug-likeness (QED) is 0.871. The highest BCUT2D eigenvalue weighted by Gasteiger charge is 2.18. The van der Waals surface area contributed by atoms with Gasteiger partial charge in [-0.2, -0.15) is 0 Å². The van der Waals surface area contributed by atoms with Crippen LogP contribution in [0.3, 0.4) is 0 Å². The maximum absolute atomic E-state index is 12.2. The zero-order valence-corrected chi connectivity index (χ0v) is 13.5. The summed E-state index contributed by atoms with van der Waals surface area (Å²) < 4.78 is 24.8. The van der Waals surface area contributed by atoms with E-state index in [-0.39, 0.29) is 16.2 Å². The van der Waals surface area contributed by atoms with Crippen molar-refractivity contribution in [3.05, 3.63) is 50.6 Å². The van der Waals surface area contributed by atoms with Crippen molar-refractivity contribution < 1.29 is 18.3 Å². The third-order valence-corrected chi connectivity index (χ3v) is 6.07. The molecule has 0 saturated heterocycles. The van der Waals surface area contributed by atoms with Gasteiger partial charge in [-0.3, -0.25) is 0 Å². The molecule has 1 aromatic heterocycles. The number of aryl methyl sites for hydroxylation is 1. The zero-order valence-electron chi connectivity index (χ0n) is 10.2. The Kier molecular flexibility index (Phi) is 4.62. The average Bonchev–Trinajstić information content (AvgIpc) is 2.89. The number of carbonyl (C=O) groups is 1. The lowest BCUT2D eigenvalue weighted by Gasteiger charge is -2.06. The minimum absolute atomic E-state index is 0.0335. The highest BCUT2D eigenvalue weighted by molar-refractivity contribution is 9.10. The summed E-state index contributed by atoms with van der Waals surface area (Å²) >= 11 is 4.60. The number of hydrogen-bond donors (Lipinski definition) is 1. The smallest absolute Gasteiger partial charge is 0.336 e. The van der Waals surface area contributed by atoms with E-state index in [0.717, 1.165) is 4.88 Å². The topological polar surface area (TPSA) is 71.4 Å². The van der Waals surface area contributed by atoms with Crippen molar-refractivity contribution in [3.8, 4) is 0 Å². The molecule has 1 aromatic carbocycles. The first kappa shape index (κ1) is 15.2. The predicted molar refractivity (Wildman–Crippen MR) is 81.2 cm³/mol. The molecule has 1 N–H and O–H groups in total. The summed E-state index contributed by atoms with van der Waals surface area (Å²) in [7, 11) is -3.49. The molecule has 0 atom stereocenters. The summed E-state index contributed by atoms with van der Waals surface area (Å²) in [6.45, 7) is 0. The molecule has 0 saturated carbocycles. The number of thiophene rings is 1. The molecule has 0 fully saturated rings. The van der Waals surface area contributed by atoms with Gasteiger partial charge in [-0.1, -0.05) is 6.07 Å². The van der Waals surface area contributed by atoms with Crippen LogP contribution in [0.15, 0.2) is 45.1 Å². The van der Waals surface area contributed by atoms with E-state index in [1.165, 1.54) is 29.5 Å². The molecule has 20 heavy (non-hydrogen) atoms. The number of halogens is 1. The van der Waals surface area contributed by atoms with Crippen LogP contribution in [-0.2, 0) is 16.3 Å². The van der Waals surface area contributed by atoms with Crippen LogP contribution < -0.4 is 0 Å². The second kappa shape index (κ2) is 6.07. The molecule has 0 bridgehead atoms. The monoisotopic (exact) mass is 374 g/mol. The van der Waals surface area contributed by atoms with Gasteiger partial charge in [0, 0.05) is 9.35 Å². The van der Waals surface area contributed by atoms with Crippen LogP contribution in [0.4, 0.5) is 0 Å². The van der Waals surface area contributed by atoms with Gasteiger partial charge in [0.1, 0.15) is 0 Å². The number of hydrogen-bond acceptors (Lipinski definition) is 4. The number of carboxylic acid groups (broad SMARTS) is 1. The number of carboxylic acids is 1. The molecule has 0 aliphatic rings. The van der Waals surface area contributed by atoms with Gasteiger partial charge in [0.15, 0.2) is 9.84 Å². The fourth-order valence-corrected chi connectivity index (χ4v) is 4.22. The average molecular weight is 375 g/mol. The largest absolute Gasteiger partial charge is 0.478 e. The second-order valence-electron chi connectivity index (χ2n) is 4.10. The first-order chi connectivity index (χ1) is 9.40. The summed E-state index contributed by atoms with van der Waals surface area (Å²) in [4.78, 5) is 12.0. The van der Waals surface area contributed by atoms with Crippen molar-refractivity contribution >= 4 is 43.1 Å². The standard InChI is InChI=1S/C13H11BrO4S2/c14-12-4-3-10(8-11(12)13(15)16)20(17,18)7-5-9-2-1-6-19-9/h1-4,6,8H,5,7H2,(H,15,16). The van der Waals surface area contributed by atoms with Crippen molar-refractivity contribution in [1.82, 2.24) is 0 Å². The van der Waals surface area contributed by atoms with Crippen molar-refractivity contribution in [3.63, 3.8) is 0 Å². The molecule has 7 heteroatoms. The van der Waals surface area contributed by atoms with Crippen molar-refractivity contribution in [2.24, 2.45) is 0 Å². The molecule has 0 spiro atoms. The molecule has 0 unspecified atom stereocenters. The molecule has 1 heterocycles. The van der Waals surface area contributed by atoms with Gasteiger partial charge < -0.3 is 5.11 Å². The molecule has 0 aliphatic heterocycles. The first-order valence-corrected chi connectivity index (χ1v) is 9.00. The van der Waals surface area contributed by atoms with Crippen LogP contribution in [0.25, 0.3) is 0 Å². The summed E-state index contributed by atoms with van der Waals surface area (Å²) in [5, 5.41) is 10.9. The Bertz CT molecular complexity index is 721. The second-order valence-corrected chi connectivity index (χ2v) is 8.09. The molecule has 0 aliphatic carbocycles. The van der Waals surface area contributed by atoms with Gasteiger partial charge in [0.05, 0.1) is 16.2 Å². The van der Waals surface area contributed by atoms with Gasteiger partial charge in [-0.25, -0.2) is 13.2 Å². The van der Waals surface area contributed by atoms with Crippen molar-refractivity contribution in [2.45, 2.75) is 11.3 Å². The predicted octanol–water partition coefficient (Wildman–Crippen LogP) is 3.23. The summed E-state index contributed by atoms with van der Waals surface area (Å²) in [5.74, 6) is -1.19. The minimum Gasteiger partial charge on any atom is -0.478 e. The van der Waals surface area contributed by atoms with Gasteiger partial charge in [0.25, 0.3) is 0 Å². The molecule has 4 nitrogen and oxygen atoms in total. The van der Waals surface area contributed by atoms with Crippen LogP contribution >= 0.6 is 27.3 Å². The van der Waals surface area contributed by atoms with Crippen LogP contribution in [-0.4, -0.2) is 25.2 Å². The third kappa shape index (κ3) is 3.47. The van der Waals surface area contributed by atoms with E-state index in [1.54, 1.807) is 0 Å².